The average molecular weight is 252 g/mol. The highest BCUT2D eigenvalue weighted by molar-refractivity contribution is 5.27. The first-order valence-corrected chi connectivity index (χ1v) is 6.82. The maximum absolute atomic E-state index is 12.9. The molecule has 0 aliphatic heterocycles. The molecule has 0 saturated heterocycles. The van der Waals surface area contributed by atoms with E-state index in [1.165, 1.54) is 5.56 Å². The lowest BCUT2D eigenvalue weighted by Crippen LogP contribution is -2.10. The van der Waals surface area contributed by atoms with Gasteiger partial charge in [-0.2, -0.15) is 0 Å². The van der Waals surface area contributed by atoms with E-state index in [0.717, 1.165) is 23.6 Å². The fourth-order valence-corrected chi connectivity index (χ4v) is 2.42. The van der Waals surface area contributed by atoms with E-state index in [9.17, 15) is 4.39 Å². The second kappa shape index (κ2) is 6.26. The Balaban J connectivity index is 2.92. The van der Waals surface area contributed by atoms with Crippen LogP contribution in [0.15, 0.2) is 0 Å². The van der Waals surface area contributed by atoms with Gasteiger partial charge in [0.25, 0.3) is 0 Å². The minimum Gasteiger partial charge on any atom is -0.248 e. The first kappa shape index (κ1) is 15.1. The Bertz CT molecular complexity index is 376. The molecule has 0 fully saturated rings. The molecule has 0 aliphatic carbocycles. The lowest BCUT2D eigenvalue weighted by Gasteiger charge is -2.17. The van der Waals surface area contributed by atoms with Crippen LogP contribution in [0.4, 0.5) is 4.39 Å². The third-order valence-electron chi connectivity index (χ3n) is 3.36. The number of halogens is 1. The first-order valence-electron chi connectivity index (χ1n) is 6.82. The largest absolute Gasteiger partial charge is 0.248 e. The smallest absolute Gasteiger partial charge is 0.131 e. The Morgan fingerprint density at radius 2 is 1.44 bits per heavy atom. The van der Waals surface area contributed by atoms with Crippen molar-refractivity contribution >= 4 is 0 Å². The van der Waals surface area contributed by atoms with Gasteiger partial charge in [0.2, 0.25) is 0 Å². The molecule has 102 valence electrons. The van der Waals surface area contributed by atoms with E-state index in [1.807, 2.05) is 13.8 Å². The Hall–Kier alpha value is -0.990. The van der Waals surface area contributed by atoms with E-state index < -0.39 is 6.17 Å². The zero-order valence-corrected chi connectivity index (χ0v) is 12.4. The number of alkyl halides is 1. The van der Waals surface area contributed by atoms with E-state index in [0.29, 0.717) is 12.3 Å². The number of nitrogens with zero attached hydrogens (tertiary/aromatic N) is 2. The molecule has 1 heterocycles. The standard InChI is InChI=1S/C15H25FN2/c1-9(2)14-12(5)17-15(18-13(14)6)10(3)7-8-11(4)16/h9-11H,7-8H2,1-6H3/t10-,11?/m1/s1. The number of hydrogen-bond acceptors (Lipinski definition) is 2. The van der Waals surface area contributed by atoms with Gasteiger partial charge in [-0.1, -0.05) is 20.8 Å². The molecule has 0 aromatic carbocycles. The molecule has 1 rings (SSSR count). The molecule has 18 heavy (non-hydrogen) atoms. The molecule has 1 unspecified atom stereocenters. The summed E-state index contributed by atoms with van der Waals surface area (Å²) in [5.41, 5.74) is 3.37. The molecule has 0 radical (unpaired) electrons. The Morgan fingerprint density at radius 1 is 0.944 bits per heavy atom. The van der Waals surface area contributed by atoms with Crippen molar-refractivity contribution in [3.63, 3.8) is 0 Å². The van der Waals surface area contributed by atoms with Crippen molar-refractivity contribution in [2.24, 2.45) is 0 Å². The van der Waals surface area contributed by atoms with E-state index >= 15 is 0 Å². The molecule has 0 N–H and O–H groups in total. The fourth-order valence-electron chi connectivity index (χ4n) is 2.42. The summed E-state index contributed by atoms with van der Waals surface area (Å²) in [6, 6.07) is 0. The molecule has 2 nitrogen and oxygen atoms in total. The minimum absolute atomic E-state index is 0.224. The predicted molar refractivity (Wildman–Crippen MR) is 73.8 cm³/mol. The van der Waals surface area contributed by atoms with Crippen LogP contribution in [0.3, 0.4) is 0 Å². The molecule has 1 aromatic heterocycles. The monoisotopic (exact) mass is 252 g/mol. The number of aryl methyl sites for hydroxylation is 2. The second-order valence-electron chi connectivity index (χ2n) is 5.58. The summed E-state index contributed by atoms with van der Waals surface area (Å²) in [4.78, 5) is 9.20. The molecule has 0 aliphatic rings. The van der Waals surface area contributed by atoms with Crippen molar-refractivity contribution in [3.05, 3.63) is 22.8 Å². The van der Waals surface area contributed by atoms with Crippen LogP contribution >= 0.6 is 0 Å². The van der Waals surface area contributed by atoms with Gasteiger partial charge in [-0.3, -0.25) is 0 Å². The van der Waals surface area contributed by atoms with E-state index in [1.54, 1.807) is 6.92 Å². The Kier molecular flexibility index (Phi) is 5.24. The summed E-state index contributed by atoms with van der Waals surface area (Å²) in [5, 5.41) is 0. The summed E-state index contributed by atoms with van der Waals surface area (Å²) in [6.45, 7) is 12.1. The number of aromatic nitrogens is 2. The van der Waals surface area contributed by atoms with Gasteiger partial charge in [0.15, 0.2) is 0 Å². The molecule has 1 aromatic rings. The maximum Gasteiger partial charge on any atom is 0.131 e. The van der Waals surface area contributed by atoms with Crippen molar-refractivity contribution in [2.75, 3.05) is 0 Å². The molecule has 0 saturated carbocycles. The number of rotatable bonds is 5. The van der Waals surface area contributed by atoms with Crippen LogP contribution in [-0.4, -0.2) is 16.1 Å². The molecular formula is C15H25FN2. The summed E-state index contributed by atoms with van der Waals surface area (Å²) < 4.78 is 12.9. The topological polar surface area (TPSA) is 25.8 Å². The van der Waals surface area contributed by atoms with Crippen LogP contribution in [0.2, 0.25) is 0 Å². The SMILES string of the molecule is Cc1nc([C@H](C)CCC(C)F)nc(C)c1C(C)C. The van der Waals surface area contributed by atoms with Gasteiger partial charge in [-0.05, 0) is 45.1 Å². The first-order chi connectivity index (χ1) is 8.32. The van der Waals surface area contributed by atoms with E-state index in [4.69, 9.17) is 0 Å². The zero-order valence-electron chi connectivity index (χ0n) is 12.4. The minimum atomic E-state index is -0.746. The van der Waals surface area contributed by atoms with Crippen LogP contribution in [-0.2, 0) is 0 Å². The molecule has 0 spiro atoms. The maximum atomic E-state index is 12.9. The van der Waals surface area contributed by atoms with Gasteiger partial charge in [-0.25, -0.2) is 14.4 Å². The third-order valence-corrected chi connectivity index (χ3v) is 3.36. The van der Waals surface area contributed by atoms with Crippen LogP contribution in [0.5, 0.6) is 0 Å². The zero-order chi connectivity index (χ0) is 13.9. The summed E-state index contributed by atoms with van der Waals surface area (Å²) in [5.74, 6) is 1.53. The fraction of sp³-hybridized carbons (Fsp3) is 0.733. The van der Waals surface area contributed by atoms with Crippen molar-refractivity contribution in [1.29, 1.82) is 0 Å². The third kappa shape index (κ3) is 3.76. The molecular weight excluding hydrogens is 227 g/mol. The summed E-state index contributed by atoms with van der Waals surface area (Å²) >= 11 is 0. The van der Waals surface area contributed by atoms with Crippen LogP contribution in [0.25, 0.3) is 0 Å². The van der Waals surface area contributed by atoms with Gasteiger partial charge >= 0.3 is 0 Å². The highest BCUT2D eigenvalue weighted by atomic mass is 19.1. The van der Waals surface area contributed by atoms with Crippen LogP contribution < -0.4 is 0 Å². The highest BCUT2D eigenvalue weighted by Crippen LogP contribution is 2.25. The van der Waals surface area contributed by atoms with E-state index in [2.05, 4.69) is 30.7 Å². The lowest BCUT2D eigenvalue weighted by molar-refractivity contribution is 0.325. The van der Waals surface area contributed by atoms with Crippen molar-refractivity contribution < 1.29 is 4.39 Å². The Labute approximate surface area is 110 Å². The van der Waals surface area contributed by atoms with Gasteiger partial charge in [0.05, 0.1) is 6.17 Å². The lowest BCUT2D eigenvalue weighted by atomic mass is 9.98. The molecule has 0 amide bonds. The summed E-state index contributed by atoms with van der Waals surface area (Å²) in [6.07, 6.45) is 0.635. The van der Waals surface area contributed by atoms with Gasteiger partial charge in [0.1, 0.15) is 5.82 Å². The second-order valence-corrected chi connectivity index (χ2v) is 5.58. The van der Waals surface area contributed by atoms with Crippen LogP contribution in [0, 0.1) is 13.8 Å². The van der Waals surface area contributed by atoms with Crippen molar-refractivity contribution in [3.8, 4) is 0 Å². The van der Waals surface area contributed by atoms with E-state index in [-0.39, 0.29) is 5.92 Å². The Morgan fingerprint density at radius 3 is 1.83 bits per heavy atom. The molecule has 3 heteroatoms. The normalized spacial score (nSPS) is 14.9. The molecule has 2 atom stereocenters. The quantitative estimate of drug-likeness (QED) is 0.773. The van der Waals surface area contributed by atoms with Crippen LogP contribution in [0.1, 0.15) is 75.1 Å². The van der Waals surface area contributed by atoms with Gasteiger partial charge in [0, 0.05) is 17.3 Å². The van der Waals surface area contributed by atoms with Crippen molar-refractivity contribution in [2.45, 2.75) is 72.4 Å². The van der Waals surface area contributed by atoms with Crippen molar-refractivity contribution in [1.82, 2.24) is 9.97 Å². The predicted octanol–water partition coefficient (Wildman–Crippen LogP) is 4.46. The van der Waals surface area contributed by atoms with Gasteiger partial charge < -0.3 is 0 Å². The van der Waals surface area contributed by atoms with Gasteiger partial charge in [-0.15, -0.1) is 0 Å². The summed E-state index contributed by atoms with van der Waals surface area (Å²) in [7, 11) is 0. The molecule has 0 bridgehead atoms. The number of hydrogen-bond donors (Lipinski definition) is 0. The highest BCUT2D eigenvalue weighted by Gasteiger charge is 2.16. The average Bonchev–Trinajstić information content (AvgIpc) is 2.24.